The second-order valence-corrected chi connectivity index (χ2v) is 6.18. The molecule has 23 heavy (non-hydrogen) atoms. The van der Waals surface area contributed by atoms with E-state index in [9.17, 15) is 9.59 Å². The number of carbonyl (C=O) groups is 2. The van der Waals surface area contributed by atoms with Gasteiger partial charge in [0.15, 0.2) is 0 Å². The number of halogens is 1. The lowest BCUT2D eigenvalue weighted by molar-refractivity contribution is -0.151. The van der Waals surface area contributed by atoms with E-state index in [1.807, 2.05) is 13.8 Å². The first-order valence-electron chi connectivity index (χ1n) is 7.43. The summed E-state index contributed by atoms with van der Waals surface area (Å²) in [7, 11) is 1.32. The third kappa shape index (κ3) is 4.26. The molecule has 0 spiro atoms. The molecule has 0 fully saturated rings. The first-order chi connectivity index (χ1) is 10.9. The van der Waals surface area contributed by atoms with Gasteiger partial charge in [0, 0.05) is 6.08 Å². The Morgan fingerprint density at radius 2 is 2.04 bits per heavy atom. The molecule has 124 valence electrons. The quantitative estimate of drug-likeness (QED) is 0.749. The minimum atomic E-state index is -0.615. The Labute approximate surface area is 140 Å². The third-order valence-corrected chi connectivity index (χ3v) is 3.83. The van der Waals surface area contributed by atoms with E-state index in [4.69, 9.17) is 21.1 Å². The fraction of sp³-hybridized carbons (Fsp3) is 0.412. The lowest BCUT2D eigenvalue weighted by Gasteiger charge is -2.27. The van der Waals surface area contributed by atoms with E-state index in [-0.39, 0.29) is 18.4 Å². The zero-order chi connectivity index (χ0) is 17.0. The molecule has 6 heteroatoms. The van der Waals surface area contributed by atoms with Crippen molar-refractivity contribution >= 4 is 23.5 Å². The summed E-state index contributed by atoms with van der Waals surface area (Å²) < 4.78 is 10.5. The molecule has 0 bridgehead atoms. The van der Waals surface area contributed by atoms with Gasteiger partial charge in [0.05, 0.1) is 18.7 Å². The highest BCUT2D eigenvalue weighted by molar-refractivity contribution is 6.32. The molecule has 5 nitrogen and oxygen atoms in total. The predicted molar refractivity (Wildman–Crippen MR) is 87.1 cm³/mol. The number of amides is 1. The highest BCUT2D eigenvalue weighted by Crippen LogP contribution is 2.28. The number of carbonyl (C=O) groups excluding carboxylic acids is 2. The van der Waals surface area contributed by atoms with Gasteiger partial charge in [-0.2, -0.15) is 0 Å². The molecule has 0 N–H and O–H groups in total. The van der Waals surface area contributed by atoms with E-state index in [1.54, 1.807) is 24.3 Å². The molecule has 1 aromatic carbocycles. The van der Waals surface area contributed by atoms with Crippen molar-refractivity contribution < 1.29 is 19.1 Å². The predicted octanol–water partition coefficient (Wildman–Crippen LogP) is 3.03. The van der Waals surface area contributed by atoms with Crippen LogP contribution < -0.4 is 4.74 Å². The Kier molecular flexibility index (Phi) is 5.66. The van der Waals surface area contributed by atoms with Crippen molar-refractivity contribution in [1.82, 2.24) is 4.90 Å². The molecular formula is C17H20ClNO4. The van der Waals surface area contributed by atoms with Gasteiger partial charge >= 0.3 is 5.97 Å². The van der Waals surface area contributed by atoms with Crippen LogP contribution >= 0.6 is 11.6 Å². The second-order valence-electron chi connectivity index (χ2n) is 5.78. The van der Waals surface area contributed by atoms with E-state index in [0.717, 1.165) is 0 Å². The maximum atomic E-state index is 12.2. The van der Waals surface area contributed by atoms with Crippen molar-refractivity contribution in [1.29, 1.82) is 0 Å². The van der Waals surface area contributed by atoms with Gasteiger partial charge in [0.1, 0.15) is 17.6 Å². The summed E-state index contributed by atoms with van der Waals surface area (Å²) in [6, 6.07) is 6.42. The number of rotatable bonds is 6. The van der Waals surface area contributed by atoms with Crippen LogP contribution in [0.25, 0.3) is 0 Å². The van der Waals surface area contributed by atoms with Crippen molar-refractivity contribution in [2.24, 2.45) is 5.92 Å². The summed E-state index contributed by atoms with van der Waals surface area (Å²) in [6.45, 7) is 4.20. The van der Waals surface area contributed by atoms with Gasteiger partial charge < -0.3 is 14.4 Å². The van der Waals surface area contributed by atoms with Gasteiger partial charge in [-0.15, -0.1) is 0 Å². The molecule has 0 radical (unpaired) electrons. The molecule has 1 heterocycles. The molecule has 0 saturated carbocycles. The SMILES string of the molecule is COC(=O)C(CC(C)C)N1CC(Oc2ccccc2Cl)=CC1=O. The number of methoxy groups -OCH3 is 1. The van der Waals surface area contributed by atoms with Gasteiger partial charge in [0.2, 0.25) is 0 Å². The van der Waals surface area contributed by atoms with Crippen LogP contribution in [0.1, 0.15) is 20.3 Å². The van der Waals surface area contributed by atoms with Crippen LogP contribution in [0.2, 0.25) is 5.02 Å². The topological polar surface area (TPSA) is 55.8 Å². The van der Waals surface area contributed by atoms with Gasteiger partial charge in [-0.1, -0.05) is 37.6 Å². The maximum absolute atomic E-state index is 12.2. The first-order valence-corrected chi connectivity index (χ1v) is 7.81. The molecule has 1 atom stereocenters. The molecule has 0 aromatic heterocycles. The summed E-state index contributed by atoms with van der Waals surface area (Å²) in [6.07, 6.45) is 1.92. The summed E-state index contributed by atoms with van der Waals surface area (Å²) in [5.41, 5.74) is 0. The molecule has 0 aliphatic carbocycles. The lowest BCUT2D eigenvalue weighted by Crippen LogP contribution is -2.44. The first kappa shape index (κ1) is 17.3. The Morgan fingerprint density at radius 3 is 2.65 bits per heavy atom. The largest absolute Gasteiger partial charge is 0.467 e. The Morgan fingerprint density at radius 1 is 1.35 bits per heavy atom. The van der Waals surface area contributed by atoms with E-state index in [0.29, 0.717) is 23.0 Å². The van der Waals surface area contributed by atoms with Crippen molar-refractivity contribution in [3.05, 3.63) is 41.1 Å². The number of esters is 1. The van der Waals surface area contributed by atoms with Crippen LogP contribution in [-0.4, -0.2) is 36.5 Å². The maximum Gasteiger partial charge on any atom is 0.328 e. The molecule has 1 aromatic rings. The normalized spacial score (nSPS) is 15.6. The summed E-state index contributed by atoms with van der Waals surface area (Å²) in [5.74, 6) is 0.511. The highest BCUT2D eigenvalue weighted by Gasteiger charge is 2.35. The number of ether oxygens (including phenoxy) is 2. The van der Waals surface area contributed by atoms with Gasteiger partial charge in [-0.05, 0) is 24.5 Å². The monoisotopic (exact) mass is 337 g/mol. The van der Waals surface area contributed by atoms with Crippen molar-refractivity contribution in [2.75, 3.05) is 13.7 Å². The van der Waals surface area contributed by atoms with Gasteiger partial charge in [-0.3, -0.25) is 4.79 Å². The molecular weight excluding hydrogens is 318 g/mol. The summed E-state index contributed by atoms with van der Waals surface area (Å²) in [4.78, 5) is 25.7. The van der Waals surface area contributed by atoms with Crippen LogP contribution in [0.5, 0.6) is 5.75 Å². The fourth-order valence-electron chi connectivity index (χ4n) is 2.44. The number of hydrogen-bond acceptors (Lipinski definition) is 4. The van der Waals surface area contributed by atoms with E-state index in [1.165, 1.54) is 18.1 Å². The standard InChI is InChI=1S/C17H20ClNO4/c1-11(2)8-14(17(21)22-3)19-10-12(9-16(19)20)23-15-7-5-4-6-13(15)18/h4-7,9,11,14H,8,10H2,1-3H3. The number of para-hydroxylation sites is 1. The Bertz CT molecular complexity index is 627. The van der Waals surface area contributed by atoms with Crippen LogP contribution in [0.4, 0.5) is 0 Å². The Hall–Kier alpha value is -2.01. The van der Waals surface area contributed by atoms with E-state index >= 15 is 0 Å². The number of hydrogen-bond donors (Lipinski definition) is 0. The summed E-state index contributed by atoms with van der Waals surface area (Å²) >= 11 is 6.05. The third-order valence-electron chi connectivity index (χ3n) is 3.52. The Balaban J connectivity index is 2.11. The van der Waals surface area contributed by atoms with Crippen LogP contribution in [0.3, 0.4) is 0 Å². The summed E-state index contributed by atoms with van der Waals surface area (Å²) in [5, 5.41) is 0.464. The molecule has 2 rings (SSSR count). The molecule has 1 unspecified atom stereocenters. The fourth-order valence-corrected chi connectivity index (χ4v) is 2.61. The highest BCUT2D eigenvalue weighted by atomic mass is 35.5. The van der Waals surface area contributed by atoms with Crippen molar-refractivity contribution in [2.45, 2.75) is 26.3 Å². The molecule has 0 saturated heterocycles. The van der Waals surface area contributed by atoms with E-state index in [2.05, 4.69) is 0 Å². The number of benzene rings is 1. The average Bonchev–Trinajstić information content (AvgIpc) is 2.86. The van der Waals surface area contributed by atoms with Crippen LogP contribution in [0, 0.1) is 5.92 Å². The van der Waals surface area contributed by atoms with Crippen molar-refractivity contribution in [3.63, 3.8) is 0 Å². The van der Waals surface area contributed by atoms with Crippen LogP contribution in [0.15, 0.2) is 36.1 Å². The smallest absolute Gasteiger partial charge is 0.328 e. The van der Waals surface area contributed by atoms with Crippen LogP contribution in [-0.2, 0) is 14.3 Å². The zero-order valence-corrected chi connectivity index (χ0v) is 14.2. The molecule has 1 amide bonds. The average molecular weight is 338 g/mol. The van der Waals surface area contributed by atoms with Crippen molar-refractivity contribution in [3.8, 4) is 5.75 Å². The van der Waals surface area contributed by atoms with E-state index < -0.39 is 12.0 Å². The van der Waals surface area contributed by atoms with Gasteiger partial charge in [-0.25, -0.2) is 4.79 Å². The minimum absolute atomic E-state index is 0.219. The molecule has 1 aliphatic heterocycles. The van der Waals surface area contributed by atoms with Gasteiger partial charge in [0.25, 0.3) is 5.91 Å². The minimum Gasteiger partial charge on any atom is -0.467 e. The number of nitrogens with zero attached hydrogens (tertiary/aromatic N) is 1. The second kappa shape index (κ2) is 7.51. The lowest BCUT2D eigenvalue weighted by atomic mass is 10.0. The molecule has 1 aliphatic rings. The zero-order valence-electron chi connectivity index (χ0n) is 13.4.